The molecule has 0 radical (unpaired) electrons. The average Bonchev–Trinajstić information content (AvgIpc) is 2.96. The van der Waals surface area contributed by atoms with Crippen LogP contribution in [0.3, 0.4) is 0 Å². The second kappa shape index (κ2) is 6.38. The number of aryl methyl sites for hydroxylation is 1. The fourth-order valence-corrected chi connectivity index (χ4v) is 3.58. The molecule has 1 atom stereocenters. The third-order valence-corrected chi connectivity index (χ3v) is 5.18. The molecule has 6 nitrogen and oxygen atoms in total. The summed E-state index contributed by atoms with van der Waals surface area (Å²) in [6.07, 6.45) is 5.99. The number of nitrogens with zero attached hydrogens (tertiary/aromatic N) is 2. The number of methoxy groups -OCH3 is 1. The largest absolute Gasteiger partial charge is 0.438 e. The highest BCUT2D eigenvalue weighted by molar-refractivity contribution is 5.92. The normalized spacial score (nSPS) is 23.5. The van der Waals surface area contributed by atoms with Gasteiger partial charge < -0.3 is 18.8 Å². The van der Waals surface area contributed by atoms with E-state index in [4.69, 9.17) is 13.9 Å². The van der Waals surface area contributed by atoms with E-state index in [0.29, 0.717) is 30.8 Å². The molecule has 0 aromatic carbocycles. The van der Waals surface area contributed by atoms with Crippen molar-refractivity contribution in [2.75, 3.05) is 33.4 Å². The lowest BCUT2D eigenvalue weighted by Crippen LogP contribution is -2.54. The molecule has 1 unspecified atom stereocenters. The van der Waals surface area contributed by atoms with Crippen LogP contribution >= 0.6 is 0 Å². The van der Waals surface area contributed by atoms with Crippen molar-refractivity contribution in [3.8, 4) is 0 Å². The smallest absolute Gasteiger partial charge is 0.291 e. The molecule has 1 aromatic rings. The molecule has 1 aromatic heterocycles. The van der Waals surface area contributed by atoms with Crippen molar-refractivity contribution in [1.82, 2.24) is 9.88 Å². The number of amides is 1. The number of hydrogen-bond donors (Lipinski definition) is 0. The number of ether oxygens (including phenoxy) is 2. The number of rotatable bonds is 5. The number of aromatic nitrogens is 1. The molecule has 6 heteroatoms. The molecule has 1 aliphatic heterocycles. The van der Waals surface area contributed by atoms with Crippen LogP contribution in [-0.2, 0) is 9.47 Å². The van der Waals surface area contributed by atoms with Gasteiger partial charge in [0.05, 0.1) is 25.0 Å². The van der Waals surface area contributed by atoms with E-state index < -0.39 is 0 Å². The first-order valence-corrected chi connectivity index (χ1v) is 7.96. The van der Waals surface area contributed by atoms with E-state index in [1.165, 1.54) is 12.8 Å². The summed E-state index contributed by atoms with van der Waals surface area (Å²) in [4.78, 5) is 18.3. The number of carbonyl (C=O) groups is 1. The quantitative estimate of drug-likeness (QED) is 0.779. The van der Waals surface area contributed by atoms with Crippen LogP contribution in [0.25, 0.3) is 0 Å². The second-order valence-corrected chi connectivity index (χ2v) is 6.31. The third-order valence-electron chi connectivity index (χ3n) is 5.18. The zero-order valence-corrected chi connectivity index (χ0v) is 13.3. The van der Waals surface area contributed by atoms with E-state index >= 15 is 0 Å². The third kappa shape index (κ3) is 2.77. The molecule has 1 aliphatic carbocycles. The Labute approximate surface area is 130 Å². The fraction of sp³-hybridized carbons (Fsp3) is 0.750. The second-order valence-electron chi connectivity index (χ2n) is 6.31. The van der Waals surface area contributed by atoms with Crippen molar-refractivity contribution >= 4 is 5.91 Å². The minimum absolute atomic E-state index is 0.0407. The molecule has 22 heavy (non-hydrogen) atoms. The summed E-state index contributed by atoms with van der Waals surface area (Å²) in [5.74, 6) is 0.332. The lowest BCUT2D eigenvalue weighted by molar-refractivity contribution is -0.139. The van der Waals surface area contributed by atoms with Crippen LogP contribution in [-0.4, -0.2) is 55.3 Å². The molecule has 2 fully saturated rings. The molecule has 122 valence electrons. The van der Waals surface area contributed by atoms with Gasteiger partial charge in [0.1, 0.15) is 0 Å². The lowest BCUT2D eigenvalue weighted by Gasteiger charge is -2.53. The Kier molecular flexibility index (Phi) is 4.49. The minimum Gasteiger partial charge on any atom is -0.438 e. The first kappa shape index (κ1) is 15.5. The molecular formula is C16H24N2O4. The van der Waals surface area contributed by atoms with Gasteiger partial charge in [-0.25, -0.2) is 4.98 Å². The van der Waals surface area contributed by atoms with Crippen LogP contribution < -0.4 is 0 Å². The maximum atomic E-state index is 12.4. The van der Waals surface area contributed by atoms with E-state index in [2.05, 4.69) is 4.98 Å². The first-order chi connectivity index (χ1) is 10.7. The zero-order valence-electron chi connectivity index (χ0n) is 13.3. The molecule has 2 aliphatic rings. The highest BCUT2D eigenvalue weighted by atomic mass is 16.5. The zero-order chi connectivity index (χ0) is 15.6. The Morgan fingerprint density at radius 1 is 1.41 bits per heavy atom. The van der Waals surface area contributed by atoms with Gasteiger partial charge in [-0.2, -0.15) is 0 Å². The van der Waals surface area contributed by atoms with Crippen LogP contribution in [0.1, 0.15) is 41.9 Å². The summed E-state index contributed by atoms with van der Waals surface area (Å²) in [5, 5.41) is 0. The van der Waals surface area contributed by atoms with Crippen molar-refractivity contribution in [2.24, 2.45) is 5.41 Å². The van der Waals surface area contributed by atoms with Gasteiger partial charge in [-0.05, 0) is 32.6 Å². The summed E-state index contributed by atoms with van der Waals surface area (Å²) >= 11 is 0. The number of likely N-dealkylation sites (tertiary alicyclic amines) is 1. The predicted molar refractivity (Wildman–Crippen MR) is 79.7 cm³/mol. The topological polar surface area (TPSA) is 64.8 Å². The standard InChI is InChI=1S/C16H24N2O4/c1-12-14(22-11-17-12)15(19)18-7-5-16(6-8-18)4-3-13(16)21-10-9-20-2/h11,13H,3-10H2,1-2H3. The summed E-state index contributed by atoms with van der Waals surface area (Å²) < 4.78 is 16.2. The van der Waals surface area contributed by atoms with Crippen LogP contribution in [0.15, 0.2) is 10.8 Å². The van der Waals surface area contributed by atoms with Crippen LogP contribution in [0.5, 0.6) is 0 Å². The van der Waals surface area contributed by atoms with Crippen molar-refractivity contribution in [3.05, 3.63) is 17.8 Å². The van der Waals surface area contributed by atoms with Crippen molar-refractivity contribution in [2.45, 2.75) is 38.7 Å². The van der Waals surface area contributed by atoms with Crippen molar-refractivity contribution in [3.63, 3.8) is 0 Å². The Morgan fingerprint density at radius 2 is 2.18 bits per heavy atom. The van der Waals surface area contributed by atoms with Gasteiger partial charge in [0.15, 0.2) is 6.39 Å². The Hall–Kier alpha value is -1.40. The van der Waals surface area contributed by atoms with Gasteiger partial charge in [0.25, 0.3) is 5.91 Å². The van der Waals surface area contributed by atoms with Crippen LogP contribution in [0, 0.1) is 12.3 Å². The number of oxazole rings is 1. The number of piperidine rings is 1. The predicted octanol–water partition coefficient (Wildman–Crippen LogP) is 2.03. The number of hydrogen-bond acceptors (Lipinski definition) is 5. The van der Waals surface area contributed by atoms with Gasteiger partial charge in [-0.3, -0.25) is 4.79 Å². The molecule has 3 rings (SSSR count). The van der Waals surface area contributed by atoms with Crippen molar-refractivity contribution in [1.29, 1.82) is 0 Å². The van der Waals surface area contributed by atoms with E-state index in [-0.39, 0.29) is 11.3 Å². The summed E-state index contributed by atoms with van der Waals surface area (Å²) in [7, 11) is 1.69. The maximum Gasteiger partial charge on any atom is 0.291 e. The first-order valence-electron chi connectivity index (χ1n) is 7.96. The molecular weight excluding hydrogens is 284 g/mol. The van der Waals surface area contributed by atoms with Crippen molar-refractivity contribution < 1.29 is 18.7 Å². The van der Waals surface area contributed by atoms with Gasteiger partial charge in [0, 0.05) is 25.6 Å². The molecule has 0 N–H and O–H groups in total. The minimum atomic E-state index is -0.0407. The van der Waals surface area contributed by atoms with Gasteiger partial charge in [-0.1, -0.05) is 0 Å². The van der Waals surface area contributed by atoms with Crippen LogP contribution in [0.2, 0.25) is 0 Å². The lowest BCUT2D eigenvalue weighted by atomic mass is 9.60. The molecule has 1 spiro atoms. The molecule has 2 heterocycles. The maximum absolute atomic E-state index is 12.4. The van der Waals surface area contributed by atoms with E-state index in [9.17, 15) is 4.79 Å². The molecule has 1 saturated heterocycles. The highest BCUT2D eigenvalue weighted by Crippen LogP contribution is 2.50. The molecule has 1 saturated carbocycles. The highest BCUT2D eigenvalue weighted by Gasteiger charge is 2.49. The Bertz CT molecular complexity index is 520. The Balaban J connectivity index is 1.54. The summed E-state index contributed by atoms with van der Waals surface area (Å²) in [5.41, 5.74) is 0.927. The summed E-state index contributed by atoms with van der Waals surface area (Å²) in [6.45, 7) is 4.63. The van der Waals surface area contributed by atoms with E-state index in [0.717, 1.165) is 32.4 Å². The van der Waals surface area contributed by atoms with Crippen LogP contribution in [0.4, 0.5) is 0 Å². The SMILES string of the molecule is COCCOC1CCC12CCN(C(=O)c1ocnc1C)CC2. The Morgan fingerprint density at radius 3 is 2.73 bits per heavy atom. The van der Waals surface area contributed by atoms with E-state index in [1.54, 1.807) is 14.0 Å². The van der Waals surface area contributed by atoms with Gasteiger partial charge in [-0.15, -0.1) is 0 Å². The van der Waals surface area contributed by atoms with Gasteiger partial charge in [0.2, 0.25) is 5.76 Å². The fourth-order valence-electron chi connectivity index (χ4n) is 3.58. The molecule has 1 amide bonds. The summed E-state index contributed by atoms with van der Waals surface area (Å²) in [6, 6.07) is 0. The van der Waals surface area contributed by atoms with E-state index in [1.807, 2.05) is 4.90 Å². The average molecular weight is 308 g/mol. The monoisotopic (exact) mass is 308 g/mol. The molecule has 0 bridgehead atoms. The number of carbonyl (C=O) groups excluding carboxylic acids is 1. The van der Waals surface area contributed by atoms with Gasteiger partial charge >= 0.3 is 0 Å².